The van der Waals surface area contributed by atoms with E-state index in [2.05, 4.69) is 50.4 Å². The summed E-state index contributed by atoms with van der Waals surface area (Å²) in [5.41, 5.74) is 2.89. The van der Waals surface area contributed by atoms with Gasteiger partial charge in [-0.2, -0.15) is 0 Å². The molecule has 0 aromatic rings. The second-order valence-corrected chi connectivity index (χ2v) is 5.38. The van der Waals surface area contributed by atoms with E-state index in [0.717, 1.165) is 19.5 Å². The van der Waals surface area contributed by atoms with Crippen molar-refractivity contribution in [2.45, 2.75) is 47.5 Å². The summed E-state index contributed by atoms with van der Waals surface area (Å²) in [7, 11) is 0. The van der Waals surface area contributed by atoms with Gasteiger partial charge >= 0.3 is 0 Å². The van der Waals surface area contributed by atoms with Gasteiger partial charge in [0.15, 0.2) is 0 Å². The quantitative estimate of drug-likeness (QED) is 0.221. The monoisotopic (exact) mass is 228 g/mol. The fraction of sp³-hybridized carbons (Fsp3) is 0.917. The lowest BCUT2D eigenvalue weighted by atomic mass is 9.82. The number of hydrogen-bond acceptors (Lipinski definition) is 2. The minimum atomic E-state index is 0.284. The van der Waals surface area contributed by atoms with Crippen LogP contribution >= 0.6 is 0 Å². The standard InChI is InChI=1S/C12H28N4/c1-6-7-8-14-11(16-13)15-9-10(2)12(3,4)5/h10H,6-9,13H2,1-5H3,(H2,14,15,16). The van der Waals surface area contributed by atoms with Crippen molar-refractivity contribution in [2.24, 2.45) is 22.2 Å². The molecule has 16 heavy (non-hydrogen) atoms. The van der Waals surface area contributed by atoms with Crippen LogP contribution in [0.2, 0.25) is 0 Å². The van der Waals surface area contributed by atoms with Crippen molar-refractivity contribution >= 4 is 5.96 Å². The Balaban J connectivity index is 4.06. The number of aliphatic imine (C=N–C) groups is 1. The highest BCUT2D eigenvalue weighted by atomic mass is 15.3. The molecule has 0 fully saturated rings. The number of guanidine groups is 1. The molecule has 0 amide bonds. The van der Waals surface area contributed by atoms with E-state index in [1.807, 2.05) is 0 Å². The number of unbranched alkanes of at least 4 members (excludes halogenated alkanes) is 1. The topological polar surface area (TPSA) is 62.4 Å². The summed E-state index contributed by atoms with van der Waals surface area (Å²) in [6.45, 7) is 12.8. The van der Waals surface area contributed by atoms with Crippen molar-refractivity contribution < 1.29 is 0 Å². The molecule has 0 spiro atoms. The van der Waals surface area contributed by atoms with E-state index >= 15 is 0 Å². The summed E-state index contributed by atoms with van der Waals surface area (Å²) < 4.78 is 0. The summed E-state index contributed by atoms with van der Waals surface area (Å²) in [5, 5.41) is 3.19. The Bertz CT molecular complexity index is 206. The van der Waals surface area contributed by atoms with E-state index in [-0.39, 0.29) is 5.41 Å². The molecule has 96 valence electrons. The first-order valence-electron chi connectivity index (χ1n) is 6.16. The summed E-state index contributed by atoms with van der Waals surface area (Å²) in [6.07, 6.45) is 2.30. The van der Waals surface area contributed by atoms with Crippen LogP contribution in [-0.4, -0.2) is 19.0 Å². The van der Waals surface area contributed by atoms with Gasteiger partial charge in [-0.1, -0.05) is 41.0 Å². The summed E-state index contributed by atoms with van der Waals surface area (Å²) in [4.78, 5) is 4.45. The lowest BCUT2D eigenvalue weighted by Crippen LogP contribution is -2.42. The van der Waals surface area contributed by atoms with Crippen LogP contribution < -0.4 is 16.6 Å². The number of nitrogens with one attached hydrogen (secondary N) is 2. The maximum Gasteiger partial charge on any atom is 0.205 e. The smallest absolute Gasteiger partial charge is 0.205 e. The first kappa shape index (κ1) is 15.2. The van der Waals surface area contributed by atoms with Gasteiger partial charge in [-0.25, -0.2) is 5.84 Å². The molecule has 0 saturated heterocycles. The maximum absolute atomic E-state index is 5.41. The number of hydrazine groups is 1. The third-order valence-corrected chi connectivity index (χ3v) is 2.96. The Hall–Kier alpha value is -0.770. The highest BCUT2D eigenvalue weighted by Crippen LogP contribution is 2.25. The van der Waals surface area contributed by atoms with Crippen molar-refractivity contribution in [1.82, 2.24) is 10.7 Å². The van der Waals surface area contributed by atoms with Crippen LogP contribution in [0.1, 0.15) is 47.5 Å². The molecule has 1 atom stereocenters. The van der Waals surface area contributed by atoms with Gasteiger partial charge in [0, 0.05) is 13.1 Å². The first-order valence-corrected chi connectivity index (χ1v) is 6.16. The lowest BCUT2D eigenvalue weighted by molar-refractivity contribution is 0.269. The van der Waals surface area contributed by atoms with Crippen LogP contribution in [0.25, 0.3) is 0 Å². The third-order valence-electron chi connectivity index (χ3n) is 2.96. The summed E-state index contributed by atoms with van der Waals surface area (Å²) >= 11 is 0. The van der Waals surface area contributed by atoms with E-state index in [1.54, 1.807) is 0 Å². The molecular weight excluding hydrogens is 200 g/mol. The van der Waals surface area contributed by atoms with Crippen LogP contribution in [0.3, 0.4) is 0 Å². The molecule has 0 aliphatic carbocycles. The van der Waals surface area contributed by atoms with Gasteiger partial charge in [-0.05, 0) is 17.8 Å². The average molecular weight is 228 g/mol. The van der Waals surface area contributed by atoms with Gasteiger partial charge in [-0.3, -0.25) is 10.4 Å². The molecule has 0 heterocycles. The van der Waals surface area contributed by atoms with E-state index in [0.29, 0.717) is 11.9 Å². The van der Waals surface area contributed by atoms with Gasteiger partial charge in [0.1, 0.15) is 0 Å². The number of nitrogens with zero attached hydrogens (tertiary/aromatic N) is 1. The van der Waals surface area contributed by atoms with Crippen LogP contribution in [0.5, 0.6) is 0 Å². The van der Waals surface area contributed by atoms with Crippen LogP contribution in [-0.2, 0) is 0 Å². The molecule has 0 aromatic heterocycles. The fourth-order valence-electron chi connectivity index (χ4n) is 1.04. The van der Waals surface area contributed by atoms with Gasteiger partial charge in [0.05, 0.1) is 0 Å². The Morgan fingerprint density at radius 3 is 2.44 bits per heavy atom. The van der Waals surface area contributed by atoms with Crippen LogP contribution in [0.15, 0.2) is 4.99 Å². The van der Waals surface area contributed by atoms with Crippen molar-refractivity contribution in [3.8, 4) is 0 Å². The minimum Gasteiger partial charge on any atom is -0.355 e. The SMILES string of the molecule is CCCCNC(=NCC(C)C(C)(C)C)NN. The van der Waals surface area contributed by atoms with Gasteiger partial charge in [-0.15, -0.1) is 0 Å². The Kier molecular flexibility index (Phi) is 7.13. The van der Waals surface area contributed by atoms with Crippen molar-refractivity contribution in [3.63, 3.8) is 0 Å². The molecule has 4 heteroatoms. The van der Waals surface area contributed by atoms with E-state index in [4.69, 9.17) is 5.84 Å². The van der Waals surface area contributed by atoms with Gasteiger partial charge < -0.3 is 5.32 Å². The first-order chi connectivity index (χ1) is 7.41. The van der Waals surface area contributed by atoms with Crippen molar-refractivity contribution in [3.05, 3.63) is 0 Å². The molecule has 0 aromatic carbocycles. The lowest BCUT2D eigenvalue weighted by Gasteiger charge is -2.25. The second kappa shape index (κ2) is 7.49. The molecule has 0 aliphatic rings. The number of nitrogens with two attached hydrogens (primary N) is 1. The molecule has 0 radical (unpaired) electrons. The summed E-state index contributed by atoms with van der Waals surface area (Å²) in [5.74, 6) is 6.64. The Labute approximate surface area is 100 Å². The molecule has 0 bridgehead atoms. The Morgan fingerprint density at radius 1 is 1.38 bits per heavy atom. The van der Waals surface area contributed by atoms with Crippen LogP contribution in [0, 0.1) is 11.3 Å². The third kappa shape index (κ3) is 6.67. The maximum atomic E-state index is 5.41. The fourth-order valence-corrected chi connectivity index (χ4v) is 1.04. The molecule has 1 unspecified atom stereocenters. The minimum absolute atomic E-state index is 0.284. The highest BCUT2D eigenvalue weighted by molar-refractivity contribution is 5.79. The number of rotatable bonds is 5. The second-order valence-electron chi connectivity index (χ2n) is 5.38. The largest absolute Gasteiger partial charge is 0.355 e. The summed E-state index contributed by atoms with van der Waals surface area (Å²) in [6, 6.07) is 0. The normalized spacial score (nSPS) is 14.8. The van der Waals surface area contributed by atoms with Crippen molar-refractivity contribution in [2.75, 3.05) is 13.1 Å². The molecule has 0 rings (SSSR count). The van der Waals surface area contributed by atoms with Gasteiger partial charge in [0.25, 0.3) is 0 Å². The zero-order chi connectivity index (χ0) is 12.6. The Morgan fingerprint density at radius 2 is 2.00 bits per heavy atom. The van der Waals surface area contributed by atoms with Gasteiger partial charge in [0.2, 0.25) is 5.96 Å². The zero-order valence-corrected chi connectivity index (χ0v) is 11.4. The zero-order valence-electron chi connectivity index (χ0n) is 11.4. The van der Waals surface area contributed by atoms with Crippen molar-refractivity contribution in [1.29, 1.82) is 0 Å². The van der Waals surface area contributed by atoms with Crippen LogP contribution in [0.4, 0.5) is 0 Å². The highest BCUT2D eigenvalue weighted by Gasteiger charge is 2.19. The molecule has 0 aliphatic heterocycles. The molecule has 0 saturated carbocycles. The average Bonchev–Trinajstić information content (AvgIpc) is 2.21. The number of hydrogen-bond donors (Lipinski definition) is 3. The van der Waals surface area contributed by atoms with E-state index < -0.39 is 0 Å². The molecule has 4 N–H and O–H groups in total. The predicted octanol–water partition coefficient (Wildman–Crippen LogP) is 1.88. The van der Waals surface area contributed by atoms with E-state index in [1.165, 1.54) is 6.42 Å². The van der Waals surface area contributed by atoms with E-state index in [9.17, 15) is 0 Å². The molecular formula is C12H28N4. The predicted molar refractivity (Wildman–Crippen MR) is 71.2 cm³/mol. The molecule has 4 nitrogen and oxygen atoms in total.